The Morgan fingerprint density at radius 3 is 2.25 bits per heavy atom. The van der Waals surface area contributed by atoms with Crippen LogP contribution in [0.1, 0.15) is 39.3 Å². The average Bonchev–Trinajstić information content (AvgIpc) is 2.37. The Balaban J connectivity index is 2.74. The smallest absolute Gasteiger partial charge is 0.0548 e. The molecule has 1 unspecified atom stereocenters. The predicted octanol–water partition coefficient (Wildman–Crippen LogP) is 4.62. The molecule has 20 heavy (non-hydrogen) atoms. The first kappa shape index (κ1) is 18.0. The Labute approximate surface area is 136 Å². The van der Waals surface area contributed by atoms with Gasteiger partial charge in [0.2, 0.25) is 0 Å². The minimum absolute atomic E-state index is 0.170. The van der Waals surface area contributed by atoms with Crippen LogP contribution in [0.5, 0.6) is 0 Å². The number of nitrogens with two attached hydrogens (primary N) is 1. The van der Waals surface area contributed by atoms with Crippen molar-refractivity contribution in [3.63, 3.8) is 0 Å². The first-order valence-electron chi connectivity index (χ1n) is 7.25. The fourth-order valence-electron chi connectivity index (χ4n) is 2.59. The van der Waals surface area contributed by atoms with Crippen molar-refractivity contribution in [1.29, 1.82) is 0 Å². The maximum absolute atomic E-state index is 6.04. The van der Waals surface area contributed by atoms with E-state index in [0.717, 1.165) is 16.0 Å². The molecule has 0 radical (unpaired) electrons. The van der Waals surface area contributed by atoms with Crippen LogP contribution < -0.4 is 11.1 Å². The Hall–Kier alpha value is -0.0900. The van der Waals surface area contributed by atoms with E-state index in [4.69, 9.17) is 17.3 Å². The van der Waals surface area contributed by atoms with Crippen LogP contribution in [0.3, 0.4) is 0 Å². The van der Waals surface area contributed by atoms with Gasteiger partial charge in [-0.3, -0.25) is 0 Å². The van der Waals surface area contributed by atoms with Crippen molar-refractivity contribution < 1.29 is 0 Å². The highest BCUT2D eigenvalue weighted by Gasteiger charge is 2.19. The van der Waals surface area contributed by atoms with Crippen LogP contribution in [0.4, 0.5) is 0 Å². The number of hydrogen-bond acceptors (Lipinski definition) is 2. The molecule has 0 spiro atoms. The Morgan fingerprint density at radius 2 is 1.80 bits per heavy atom. The first-order chi connectivity index (χ1) is 9.36. The number of rotatable bonds is 7. The molecule has 1 aromatic carbocycles. The highest BCUT2D eigenvalue weighted by molar-refractivity contribution is 9.10. The predicted molar refractivity (Wildman–Crippen MR) is 92.1 cm³/mol. The van der Waals surface area contributed by atoms with E-state index in [0.29, 0.717) is 24.3 Å². The molecule has 0 fully saturated rings. The van der Waals surface area contributed by atoms with E-state index >= 15 is 0 Å². The number of benzene rings is 1. The molecular weight excluding hydrogens is 336 g/mol. The highest BCUT2D eigenvalue weighted by atomic mass is 79.9. The molecule has 1 rings (SSSR count). The summed E-state index contributed by atoms with van der Waals surface area (Å²) < 4.78 is 0.918. The highest BCUT2D eigenvalue weighted by Crippen LogP contribution is 2.26. The summed E-state index contributed by atoms with van der Waals surface area (Å²) in [6, 6.07) is 6.17. The van der Waals surface area contributed by atoms with Crippen LogP contribution in [-0.4, -0.2) is 13.1 Å². The Kier molecular flexibility index (Phi) is 7.52. The fraction of sp³-hybridized carbons (Fsp3) is 0.625. The monoisotopic (exact) mass is 360 g/mol. The third-order valence-electron chi connectivity index (χ3n) is 3.89. The SMILES string of the molecule is CC(C)C(CNC(CN)c1ccc(Cl)c(Br)c1)C(C)C. The van der Waals surface area contributed by atoms with Crippen LogP contribution in [-0.2, 0) is 0 Å². The number of hydrogen-bond donors (Lipinski definition) is 2. The van der Waals surface area contributed by atoms with Crippen molar-refractivity contribution in [3.05, 3.63) is 33.3 Å². The molecule has 0 aliphatic carbocycles. The lowest BCUT2D eigenvalue weighted by atomic mass is 9.85. The molecule has 4 heteroatoms. The van der Waals surface area contributed by atoms with E-state index in [-0.39, 0.29) is 6.04 Å². The standard InChI is InChI=1S/C16H26BrClN2/c1-10(2)13(11(3)4)9-20-16(8-19)12-5-6-15(18)14(17)7-12/h5-7,10-11,13,16,20H,8-9,19H2,1-4H3. The van der Waals surface area contributed by atoms with Crippen LogP contribution in [0.15, 0.2) is 22.7 Å². The summed E-state index contributed by atoms with van der Waals surface area (Å²) in [7, 11) is 0. The van der Waals surface area contributed by atoms with Crippen LogP contribution >= 0.6 is 27.5 Å². The summed E-state index contributed by atoms with van der Waals surface area (Å²) in [6.07, 6.45) is 0. The summed E-state index contributed by atoms with van der Waals surface area (Å²) in [5.74, 6) is 1.98. The van der Waals surface area contributed by atoms with E-state index in [2.05, 4.69) is 48.9 Å². The lowest BCUT2D eigenvalue weighted by Crippen LogP contribution is -2.35. The van der Waals surface area contributed by atoms with Gasteiger partial charge in [-0.1, -0.05) is 45.4 Å². The largest absolute Gasteiger partial charge is 0.329 e. The van der Waals surface area contributed by atoms with Gasteiger partial charge in [0.05, 0.1) is 5.02 Å². The van der Waals surface area contributed by atoms with Crippen molar-refractivity contribution >= 4 is 27.5 Å². The van der Waals surface area contributed by atoms with Gasteiger partial charge in [0.15, 0.2) is 0 Å². The molecule has 114 valence electrons. The lowest BCUT2D eigenvalue weighted by Gasteiger charge is -2.28. The molecule has 3 N–H and O–H groups in total. The van der Waals surface area contributed by atoms with E-state index < -0.39 is 0 Å². The fourth-order valence-corrected chi connectivity index (χ4v) is 3.10. The molecule has 0 aliphatic rings. The minimum Gasteiger partial charge on any atom is -0.329 e. The summed E-state index contributed by atoms with van der Waals surface area (Å²) in [5.41, 5.74) is 7.10. The number of halogens is 2. The second kappa shape index (κ2) is 8.38. The molecule has 0 aromatic heterocycles. The van der Waals surface area contributed by atoms with Gasteiger partial charge in [-0.2, -0.15) is 0 Å². The van der Waals surface area contributed by atoms with Gasteiger partial charge in [0.1, 0.15) is 0 Å². The summed E-state index contributed by atoms with van der Waals surface area (Å²) in [5, 5.41) is 4.33. The van der Waals surface area contributed by atoms with E-state index in [1.54, 1.807) is 0 Å². The molecule has 0 heterocycles. The topological polar surface area (TPSA) is 38.0 Å². The summed E-state index contributed by atoms with van der Waals surface area (Å²) >= 11 is 9.51. The molecule has 1 aromatic rings. The van der Waals surface area contributed by atoms with Crippen molar-refractivity contribution in [1.82, 2.24) is 5.32 Å². The minimum atomic E-state index is 0.170. The van der Waals surface area contributed by atoms with Crippen LogP contribution in [0.2, 0.25) is 5.02 Å². The summed E-state index contributed by atoms with van der Waals surface area (Å²) in [6.45, 7) is 10.7. The van der Waals surface area contributed by atoms with Crippen molar-refractivity contribution in [2.24, 2.45) is 23.5 Å². The zero-order valence-corrected chi connectivity index (χ0v) is 15.1. The van der Waals surface area contributed by atoms with Gasteiger partial charge in [-0.05, 0) is 57.9 Å². The summed E-state index contributed by atoms with van der Waals surface area (Å²) in [4.78, 5) is 0. The van der Waals surface area contributed by atoms with E-state index in [1.165, 1.54) is 5.56 Å². The normalized spacial score (nSPS) is 13.5. The molecule has 0 bridgehead atoms. The van der Waals surface area contributed by atoms with Crippen molar-refractivity contribution in [3.8, 4) is 0 Å². The van der Waals surface area contributed by atoms with Gasteiger partial charge in [0, 0.05) is 17.1 Å². The zero-order chi connectivity index (χ0) is 15.3. The van der Waals surface area contributed by atoms with Crippen LogP contribution in [0, 0.1) is 17.8 Å². The van der Waals surface area contributed by atoms with Gasteiger partial charge < -0.3 is 11.1 Å². The maximum Gasteiger partial charge on any atom is 0.0548 e. The van der Waals surface area contributed by atoms with Gasteiger partial charge in [-0.25, -0.2) is 0 Å². The molecule has 1 atom stereocenters. The molecule has 0 saturated heterocycles. The van der Waals surface area contributed by atoms with Crippen molar-refractivity contribution in [2.45, 2.75) is 33.7 Å². The average molecular weight is 362 g/mol. The third-order valence-corrected chi connectivity index (χ3v) is 5.11. The second-order valence-corrected chi connectivity index (χ2v) is 7.28. The van der Waals surface area contributed by atoms with E-state index in [1.807, 2.05) is 18.2 Å². The molecule has 0 saturated carbocycles. The number of nitrogens with one attached hydrogen (secondary N) is 1. The maximum atomic E-state index is 6.04. The quantitative estimate of drug-likeness (QED) is 0.743. The molecule has 2 nitrogen and oxygen atoms in total. The van der Waals surface area contributed by atoms with Crippen LogP contribution in [0.25, 0.3) is 0 Å². The molecule has 0 amide bonds. The Bertz CT molecular complexity index is 413. The lowest BCUT2D eigenvalue weighted by molar-refractivity contribution is 0.266. The van der Waals surface area contributed by atoms with E-state index in [9.17, 15) is 0 Å². The zero-order valence-electron chi connectivity index (χ0n) is 12.8. The molecule has 0 aliphatic heterocycles. The first-order valence-corrected chi connectivity index (χ1v) is 8.42. The molecular formula is C16H26BrClN2. The van der Waals surface area contributed by atoms with Gasteiger partial charge >= 0.3 is 0 Å². The van der Waals surface area contributed by atoms with Crippen molar-refractivity contribution in [2.75, 3.05) is 13.1 Å². The third kappa shape index (κ3) is 5.03. The van der Waals surface area contributed by atoms with Gasteiger partial charge in [0.25, 0.3) is 0 Å². The second-order valence-electron chi connectivity index (χ2n) is 6.02. The Morgan fingerprint density at radius 1 is 1.20 bits per heavy atom. The van der Waals surface area contributed by atoms with Gasteiger partial charge in [-0.15, -0.1) is 0 Å².